The molecule has 1 aromatic heterocycles. The number of halogens is 1. The summed E-state index contributed by atoms with van der Waals surface area (Å²) >= 11 is 7.31. The summed E-state index contributed by atoms with van der Waals surface area (Å²) in [5.74, 6) is 1.15. The molecule has 0 fully saturated rings. The van der Waals surface area contributed by atoms with Crippen molar-refractivity contribution in [3.8, 4) is 5.75 Å². The fraction of sp³-hybridized carbons (Fsp3) is 0.400. The van der Waals surface area contributed by atoms with Crippen molar-refractivity contribution in [3.05, 3.63) is 35.1 Å². The minimum absolute atomic E-state index is 0.123. The van der Waals surface area contributed by atoms with Crippen LogP contribution in [0.4, 0.5) is 0 Å². The molecule has 2 rings (SSSR count). The van der Waals surface area contributed by atoms with E-state index in [1.54, 1.807) is 16.7 Å². The van der Waals surface area contributed by atoms with Gasteiger partial charge in [-0.3, -0.25) is 4.79 Å². The number of para-hydroxylation sites is 1. The second-order valence-electron chi connectivity index (χ2n) is 5.00. The Balaban J connectivity index is 1.91. The molecule has 0 atom stereocenters. The lowest BCUT2D eigenvalue weighted by Crippen LogP contribution is -2.13. The number of carbonyl (C=O) groups is 1. The Hall–Kier alpha value is -1.73. The number of hydrogen-bond donors (Lipinski definition) is 0. The summed E-state index contributed by atoms with van der Waals surface area (Å²) < 4.78 is 12.5. The lowest BCUT2D eigenvalue weighted by Gasteiger charge is -2.08. The number of rotatable bonds is 7. The monoisotopic (exact) mass is 355 g/mol. The molecule has 0 saturated heterocycles. The molecule has 0 amide bonds. The highest BCUT2D eigenvalue weighted by Crippen LogP contribution is 2.24. The molecule has 0 aliphatic heterocycles. The predicted molar refractivity (Wildman–Crippen MR) is 88.7 cm³/mol. The minimum atomic E-state index is -0.276. The molecule has 0 aliphatic carbocycles. The van der Waals surface area contributed by atoms with Gasteiger partial charge in [0.25, 0.3) is 0 Å². The molecule has 0 bridgehead atoms. The fourth-order valence-electron chi connectivity index (χ4n) is 1.72. The van der Waals surface area contributed by atoms with Crippen LogP contribution in [0, 0.1) is 0 Å². The number of esters is 1. The SMILES string of the molecule is CC(C)OC(=O)CSc1nnc(COc2ccccc2Cl)n1C. The van der Waals surface area contributed by atoms with Crippen molar-refractivity contribution >= 4 is 29.3 Å². The van der Waals surface area contributed by atoms with Gasteiger partial charge in [-0.1, -0.05) is 35.5 Å². The van der Waals surface area contributed by atoms with Gasteiger partial charge in [0.05, 0.1) is 16.9 Å². The summed E-state index contributed by atoms with van der Waals surface area (Å²) in [5, 5.41) is 9.30. The zero-order valence-electron chi connectivity index (χ0n) is 13.2. The standard InChI is InChI=1S/C15H18ClN3O3S/c1-10(2)22-14(20)9-23-15-18-17-13(19(15)3)8-21-12-7-5-4-6-11(12)16/h4-7,10H,8-9H2,1-3H3. The average Bonchev–Trinajstić information content (AvgIpc) is 2.84. The van der Waals surface area contributed by atoms with Gasteiger partial charge < -0.3 is 14.0 Å². The normalized spacial score (nSPS) is 10.8. The zero-order valence-corrected chi connectivity index (χ0v) is 14.7. The van der Waals surface area contributed by atoms with Gasteiger partial charge in [0.15, 0.2) is 11.0 Å². The highest BCUT2D eigenvalue weighted by atomic mass is 35.5. The third-order valence-corrected chi connectivity index (χ3v) is 4.11. The van der Waals surface area contributed by atoms with Crippen molar-refractivity contribution in [2.75, 3.05) is 5.75 Å². The Morgan fingerprint density at radius 2 is 2.09 bits per heavy atom. The molecule has 23 heavy (non-hydrogen) atoms. The van der Waals surface area contributed by atoms with Crippen LogP contribution >= 0.6 is 23.4 Å². The third kappa shape index (κ3) is 5.14. The second-order valence-corrected chi connectivity index (χ2v) is 6.35. The summed E-state index contributed by atoms with van der Waals surface area (Å²) in [6.07, 6.45) is -0.123. The van der Waals surface area contributed by atoms with Crippen LogP contribution < -0.4 is 4.74 Å². The van der Waals surface area contributed by atoms with E-state index < -0.39 is 0 Å². The zero-order chi connectivity index (χ0) is 16.8. The van der Waals surface area contributed by atoms with Crippen LogP contribution in [0.25, 0.3) is 0 Å². The van der Waals surface area contributed by atoms with Gasteiger partial charge in [-0.25, -0.2) is 0 Å². The largest absolute Gasteiger partial charge is 0.484 e. The molecule has 1 heterocycles. The molecule has 0 saturated carbocycles. The molecule has 1 aromatic carbocycles. The highest BCUT2D eigenvalue weighted by Gasteiger charge is 2.13. The summed E-state index contributed by atoms with van der Waals surface area (Å²) in [7, 11) is 1.82. The van der Waals surface area contributed by atoms with Crippen LogP contribution in [-0.2, 0) is 23.2 Å². The first kappa shape index (κ1) is 17.6. The molecule has 124 valence electrons. The lowest BCUT2D eigenvalue weighted by molar-refractivity contribution is -0.144. The highest BCUT2D eigenvalue weighted by molar-refractivity contribution is 7.99. The van der Waals surface area contributed by atoms with Crippen molar-refractivity contribution < 1.29 is 14.3 Å². The van der Waals surface area contributed by atoms with Gasteiger partial charge in [-0.15, -0.1) is 10.2 Å². The number of aromatic nitrogens is 3. The second kappa shape index (κ2) is 8.21. The van der Waals surface area contributed by atoms with Crippen molar-refractivity contribution in [2.24, 2.45) is 7.05 Å². The Bertz CT molecular complexity index is 676. The molecule has 0 aliphatic rings. The lowest BCUT2D eigenvalue weighted by atomic mass is 10.3. The molecule has 0 unspecified atom stereocenters. The topological polar surface area (TPSA) is 66.2 Å². The summed E-state index contributed by atoms with van der Waals surface area (Å²) in [4.78, 5) is 11.6. The number of benzene rings is 1. The molecule has 6 nitrogen and oxygen atoms in total. The summed E-state index contributed by atoms with van der Waals surface area (Å²) in [6, 6.07) is 7.23. The van der Waals surface area contributed by atoms with E-state index in [0.717, 1.165) is 0 Å². The van der Waals surface area contributed by atoms with E-state index in [2.05, 4.69) is 10.2 Å². The maximum absolute atomic E-state index is 11.6. The molecule has 0 radical (unpaired) electrons. The van der Waals surface area contributed by atoms with E-state index in [-0.39, 0.29) is 24.4 Å². The van der Waals surface area contributed by atoms with Gasteiger partial charge in [-0.05, 0) is 26.0 Å². The van der Waals surface area contributed by atoms with Gasteiger partial charge >= 0.3 is 5.97 Å². The number of ether oxygens (including phenoxy) is 2. The van der Waals surface area contributed by atoms with Gasteiger partial charge in [-0.2, -0.15) is 0 Å². The minimum Gasteiger partial charge on any atom is -0.484 e. The Morgan fingerprint density at radius 3 is 2.78 bits per heavy atom. The van der Waals surface area contributed by atoms with Gasteiger partial charge in [0.2, 0.25) is 0 Å². The number of carbonyl (C=O) groups excluding carboxylic acids is 1. The maximum Gasteiger partial charge on any atom is 0.316 e. The van der Waals surface area contributed by atoms with Crippen LogP contribution in [0.2, 0.25) is 5.02 Å². The van der Waals surface area contributed by atoms with Crippen molar-refractivity contribution in [1.29, 1.82) is 0 Å². The maximum atomic E-state index is 11.6. The molecule has 8 heteroatoms. The number of thioether (sulfide) groups is 1. The first-order valence-electron chi connectivity index (χ1n) is 7.05. The van der Waals surface area contributed by atoms with Crippen LogP contribution in [0.5, 0.6) is 5.75 Å². The number of hydrogen-bond acceptors (Lipinski definition) is 6. The molecule has 0 spiro atoms. The van der Waals surface area contributed by atoms with Gasteiger partial charge in [0, 0.05) is 7.05 Å². The van der Waals surface area contributed by atoms with Crippen LogP contribution in [-0.4, -0.2) is 32.6 Å². The third-order valence-electron chi connectivity index (χ3n) is 2.80. The quantitative estimate of drug-likeness (QED) is 0.561. The van der Waals surface area contributed by atoms with E-state index in [0.29, 0.717) is 21.8 Å². The van der Waals surface area contributed by atoms with E-state index >= 15 is 0 Å². The predicted octanol–water partition coefficient (Wildman–Crippen LogP) is 3.09. The fourth-order valence-corrected chi connectivity index (χ4v) is 2.62. The van der Waals surface area contributed by atoms with Crippen LogP contribution in [0.15, 0.2) is 29.4 Å². The Labute approximate surface area is 144 Å². The van der Waals surface area contributed by atoms with E-state index in [1.165, 1.54) is 11.8 Å². The molecular formula is C15H18ClN3O3S. The van der Waals surface area contributed by atoms with Crippen molar-refractivity contribution in [2.45, 2.75) is 31.7 Å². The summed E-state index contributed by atoms with van der Waals surface area (Å²) in [6.45, 7) is 3.87. The van der Waals surface area contributed by atoms with E-state index in [1.807, 2.05) is 33.0 Å². The van der Waals surface area contributed by atoms with E-state index in [9.17, 15) is 4.79 Å². The van der Waals surface area contributed by atoms with Crippen LogP contribution in [0.1, 0.15) is 19.7 Å². The number of nitrogens with zero attached hydrogens (tertiary/aromatic N) is 3. The first-order valence-corrected chi connectivity index (χ1v) is 8.41. The van der Waals surface area contributed by atoms with Crippen LogP contribution in [0.3, 0.4) is 0 Å². The molecule has 0 N–H and O–H groups in total. The summed E-state index contributed by atoms with van der Waals surface area (Å²) in [5.41, 5.74) is 0. The van der Waals surface area contributed by atoms with Crippen molar-refractivity contribution in [1.82, 2.24) is 14.8 Å². The molecular weight excluding hydrogens is 338 g/mol. The van der Waals surface area contributed by atoms with E-state index in [4.69, 9.17) is 21.1 Å². The Kier molecular flexibility index (Phi) is 6.29. The Morgan fingerprint density at radius 1 is 1.35 bits per heavy atom. The first-order chi connectivity index (χ1) is 11.0. The van der Waals surface area contributed by atoms with Crippen molar-refractivity contribution in [3.63, 3.8) is 0 Å². The average molecular weight is 356 g/mol. The smallest absolute Gasteiger partial charge is 0.316 e. The van der Waals surface area contributed by atoms with Gasteiger partial charge in [0.1, 0.15) is 12.4 Å². The molecule has 2 aromatic rings.